The van der Waals surface area contributed by atoms with Crippen LogP contribution in [0.15, 0.2) is 29.2 Å². The molecule has 0 saturated heterocycles. The van der Waals surface area contributed by atoms with Crippen LogP contribution in [0.5, 0.6) is 0 Å². The van der Waals surface area contributed by atoms with E-state index in [0.29, 0.717) is 37.8 Å². The Morgan fingerprint density at radius 3 is 2.16 bits per heavy atom. The summed E-state index contributed by atoms with van der Waals surface area (Å²) >= 11 is 0. The van der Waals surface area contributed by atoms with Gasteiger partial charge in [0.2, 0.25) is 0 Å². The van der Waals surface area contributed by atoms with Gasteiger partial charge in [0.25, 0.3) is 10.1 Å². The smallest absolute Gasteiger partial charge is 0.416 e. The maximum absolute atomic E-state index is 12.5. The zero-order chi connectivity index (χ0) is 18.7. The normalized spacial score (nSPS) is 21.8. The molecule has 5 nitrogen and oxygen atoms in total. The van der Waals surface area contributed by atoms with Gasteiger partial charge in [-0.25, -0.2) is 0 Å². The Morgan fingerprint density at radius 1 is 1.12 bits per heavy atom. The van der Waals surface area contributed by atoms with Gasteiger partial charge in [-0.05, 0) is 56.9 Å². The number of ether oxygens (including phenoxy) is 1. The molecule has 1 aromatic rings. The molecule has 1 saturated carbocycles. The van der Waals surface area contributed by atoms with Crippen LogP contribution in [0.25, 0.3) is 0 Å². The van der Waals surface area contributed by atoms with Gasteiger partial charge in [0.05, 0.1) is 29.1 Å². The summed E-state index contributed by atoms with van der Waals surface area (Å²) in [7, 11) is -4.15. The fourth-order valence-corrected chi connectivity index (χ4v) is 3.83. The fraction of sp³-hybridized carbons (Fsp3) is 0.562. The van der Waals surface area contributed by atoms with Gasteiger partial charge >= 0.3 is 12.1 Å². The number of esters is 1. The molecule has 0 N–H and O–H groups in total. The summed E-state index contributed by atoms with van der Waals surface area (Å²) in [5.74, 6) is -0.569. The summed E-state index contributed by atoms with van der Waals surface area (Å²) in [6, 6.07) is 3.16. The third-order valence-electron chi connectivity index (χ3n) is 4.03. The van der Waals surface area contributed by atoms with Crippen LogP contribution < -0.4 is 0 Å². The molecule has 0 spiro atoms. The molecule has 0 bridgehead atoms. The van der Waals surface area contributed by atoms with Gasteiger partial charge in [-0.15, -0.1) is 0 Å². The van der Waals surface area contributed by atoms with Crippen LogP contribution in [0.2, 0.25) is 0 Å². The average molecular weight is 380 g/mol. The van der Waals surface area contributed by atoms with Crippen molar-refractivity contribution < 1.29 is 35.3 Å². The van der Waals surface area contributed by atoms with Gasteiger partial charge < -0.3 is 4.74 Å². The van der Waals surface area contributed by atoms with E-state index in [1.54, 1.807) is 6.92 Å². The summed E-state index contributed by atoms with van der Waals surface area (Å²) in [5, 5.41) is 0. The Hall–Kier alpha value is -1.61. The Bertz CT molecular complexity index is 689. The van der Waals surface area contributed by atoms with Gasteiger partial charge in [0.1, 0.15) is 0 Å². The third kappa shape index (κ3) is 5.18. The van der Waals surface area contributed by atoms with E-state index in [1.165, 1.54) is 0 Å². The molecule has 9 heteroatoms. The lowest BCUT2D eigenvalue weighted by molar-refractivity contribution is -0.149. The van der Waals surface area contributed by atoms with Crippen molar-refractivity contribution in [3.63, 3.8) is 0 Å². The Labute approximate surface area is 144 Å². The molecule has 2 rings (SSSR count). The van der Waals surface area contributed by atoms with E-state index in [9.17, 15) is 26.4 Å². The number of carbonyl (C=O) groups excluding carboxylic acids is 1. The second-order valence-electron chi connectivity index (χ2n) is 5.80. The van der Waals surface area contributed by atoms with Crippen LogP contribution in [-0.4, -0.2) is 27.1 Å². The lowest BCUT2D eigenvalue weighted by atomic mass is 9.87. The maximum atomic E-state index is 12.5. The predicted octanol–water partition coefficient (Wildman–Crippen LogP) is 3.53. The highest BCUT2D eigenvalue weighted by molar-refractivity contribution is 7.86. The van der Waals surface area contributed by atoms with Crippen molar-refractivity contribution in [1.29, 1.82) is 0 Å². The molecule has 140 valence electrons. The first-order valence-electron chi connectivity index (χ1n) is 7.90. The quantitative estimate of drug-likeness (QED) is 0.577. The lowest BCUT2D eigenvalue weighted by Gasteiger charge is -2.26. The minimum Gasteiger partial charge on any atom is -0.466 e. The standard InChI is InChI=1S/C16H19F3O5S/c1-2-23-15(20)11-3-7-13(8-4-11)24-25(21,22)14-9-5-12(6-10-14)16(17,18)19/h5-6,9-11,13H,2-4,7-8H2,1H3/t11-,13-. The number of benzene rings is 1. The first-order valence-corrected chi connectivity index (χ1v) is 9.31. The van der Waals surface area contributed by atoms with Gasteiger partial charge in [0.15, 0.2) is 0 Å². The Kier molecular flexibility index (Phi) is 6.10. The summed E-state index contributed by atoms with van der Waals surface area (Å²) in [5.41, 5.74) is -0.929. The Morgan fingerprint density at radius 2 is 1.68 bits per heavy atom. The second kappa shape index (κ2) is 7.74. The highest BCUT2D eigenvalue weighted by Crippen LogP contribution is 2.32. The number of rotatable bonds is 5. The zero-order valence-electron chi connectivity index (χ0n) is 13.6. The molecular weight excluding hydrogens is 361 g/mol. The number of carbonyl (C=O) groups is 1. The van der Waals surface area contributed by atoms with Crippen molar-refractivity contribution in [3.8, 4) is 0 Å². The topological polar surface area (TPSA) is 69.7 Å². The maximum Gasteiger partial charge on any atom is 0.416 e. The summed E-state index contributed by atoms with van der Waals surface area (Å²) in [4.78, 5) is 11.3. The van der Waals surface area contributed by atoms with Crippen LogP contribution in [0.1, 0.15) is 38.2 Å². The molecular formula is C16H19F3O5S. The first kappa shape index (κ1) is 19.7. The SMILES string of the molecule is CCOC(=O)[C@H]1CC[C@H](OS(=O)(=O)c2ccc(C(F)(F)F)cc2)CC1. The van der Waals surface area contributed by atoms with Gasteiger partial charge in [-0.3, -0.25) is 8.98 Å². The molecule has 0 atom stereocenters. The molecule has 1 aliphatic rings. The van der Waals surface area contributed by atoms with Crippen LogP contribution in [0.3, 0.4) is 0 Å². The van der Waals surface area contributed by atoms with E-state index in [1.807, 2.05) is 0 Å². The van der Waals surface area contributed by atoms with Crippen molar-refractivity contribution >= 4 is 16.1 Å². The van der Waals surface area contributed by atoms with Crippen LogP contribution in [0, 0.1) is 5.92 Å². The summed E-state index contributed by atoms with van der Waals surface area (Å²) in [6.07, 6.45) is -3.50. The zero-order valence-corrected chi connectivity index (χ0v) is 14.4. The predicted molar refractivity (Wildman–Crippen MR) is 82.1 cm³/mol. The molecule has 0 radical (unpaired) electrons. The van der Waals surface area contributed by atoms with Crippen LogP contribution in [-0.2, 0) is 30.0 Å². The number of halogens is 3. The van der Waals surface area contributed by atoms with E-state index >= 15 is 0 Å². The number of alkyl halides is 3. The van der Waals surface area contributed by atoms with Gasteiger partial charge in [-0.2, -0.15) is 21.6 Å². The summed E-state index contributed by atoms with van der Waals surface area (Å²) in [6.45, 7) is 2.00. The van der Waals surface area contributed by atoms with Crippen molar-refractivity contribution in [3.05, 3.63) is 29.8 Å². The second-order valence-corrected chi connectivity index (χ2v) is 7.37. The number of hydrogen-bond acceptors (Lipinski definition) is 5. The molecule has 0 amide bonds. The molecule has 0 unspecified atom stereocenters. The van der Waals surface area contributed by atoms with E-state index in [0.717, 1.165) is 12.1 Å². The molecule has 0 aromatic heterocycles. The third-order valence-corrected chi connectivity index (χ3v) is 5.40. The lowest BCUT2D eigenvalue weighted by Crippen LogP contribution is -2.29. The highest BCUT2D eigenvalue weighted by Gasteiger charge is 2.33. The van der Waals surface area contributed by atoms with Crippen molar-refractivity contribution in [1.82, 2.24) is 0 Å². The van der Waals surface area contributed by atoms with Crippen molar-refractivity contribution in [2.24, 2.45) is 5.92 Å². The highest BCUT2D eigenvalue weighted by atomic mass is 32.2. The number of hydrogen-bond donors (Lipinski definition) is 0. The van der Waals surface area contributed by atoms with Crippen LogP contribution in [0.4, 0.5) is 13.2 Å². The minimum absolute atomic E-state index is 0.270. The molecule has 1 aromatic carbocycles. The molecule has 1 fully saturated rings. The van der Waals surface area contributed by atoms with E-state index in [2.05, 4.69) is 0 Å². The fourth-order valence-electron chi connectivity index (χ4n) is 2.70. The monoisotopic (exact) mass is 380 g/mol. The van der Waals surface area contributed by atoms with E-state index < -0.39 is 28.0 Å². The molecule has 0 aliphatic heterocycles. The van der Waals surface area contributed by atoms with E-state index in [-0.39, 0.29) is 23.4 Å². The van der Waals surface area contributed by atoms with Gasteiger partial charge in [0, 0.05) is 0 Å². The molecule has 1 aliphatic carbocycles. The van der Waals surface area contributed by atoms with E-state index in [4.69, 9.17) is 8.92 Å². The first-order chi connectivity index (χ1) is 11.6. The summed E-state index contributed by atoms with van der Waals surface area (Å²) < 4.78 is 72.0. The molecule has 0 heterocycles. The molecule has 25 heavy (non-hydrogen) atoms. The Balaban J connectivity index is 1.97. The van der Waals surface area contributed by atoms with Crippen molar-refractivity contribution in [2.75, 3.05) is 6.61 Å². The van der Waals surface area contributed by atoms with Gasteiger partial charge in [-0.1, -0.05) is 0 Å². The van der Waals surface area contributed by atoms with Crippen molar-refractivity contribution in [2.45, 2.75) is 49.8 Å². The van der Waals surface area contributed by atoms with Crippen LogP contribution >= 0.6 is 0 Å². The minimum atomic E-state index is -4.53. The largest absolute Gasteiger partial charge is 0.466 e. The average Bonchev–Trinajstić information content (AvgIpc) is 2.55.